The van der Waals surface area contributed by atoms with Gasteiger partial charge in [-0.15, -0.1) is 0 Å². The Balaban J connectivity index is 2.23. The Hall–Kier alpha value is 0. The summed E-state index contributed by atoms with van der Waals surface area (Å²) in [6.07, 6.45) is 10.3. The Bertz CT molecular complexity index is 74.0. The summed E-state index contributed by atoms with van der Waals surface area (Å²) in [4.78, 5) is 0. The van der Waals surface area contributed by atoms with Gasteiger partial charge in [0.05, 0.1) is 0 Å². The van der Waals surface area contributed by atoms with Crippen molar-refractivity contribution in [1.82, 2.24) is 0 Å². The van der Waals surface area contributed by atoms with Crippen LogP contribution in [-0.2, 0) is 0 Å². The molecule has 1 rings (SSSR count). The van der Waals surface area contributed by atoms with Gasteiger partial charge < -0.3 is 0 Å². The molecule has 0 heteroatoms. The molecule has 2 radical (unpaired) electrons. The molecule has 0 nitrogen and oxygen atoms in total. The second-order valence-electron chi connectivity index (χ2n) is 3.58. The van der Waals surface area contributed by atoms with Crippen LogP contribution in [0.1, 0.15) is 39.5 Å². The van der Waals surface area contributed by atoms with E-state index in [1.54, 1.807) is 0 Å². The maximum Gasteiger partial charge on any atom is -0.0357 e. The lowest BCUT2D eigenvalue weighted by Crippen LogP contribution is -2.05. The molecule has 0 aromatic heterocycles. The van der Waals surface area contributed by atoms with E-state index in [0.717, 1.165) is 11.8 Å². The Morgan fingerprint density at radius 2 is 1.30 bits per heavy atom. The molecule has 0 aliphatic heterocycles. The zero-order valence-corrected chi connectivity index (χ0v) is 7.14. The van der Waals surface area contributed by atoms with Gasteiger partial charge in [0.1, 0.15) is 0 Å². The van der Waals surface area contributed by atoms with Crippen LogP contribution in [0.5, 0.6) is 0 Å². The first kappa shape index (κ1) is 8.10. The highest BCUT2D eigenvalue weighted by Crippen LogP contribution is 2.23. The zero-order chi connectivity index (χ0) is 7.40. The molecule has 10 heavy (non-hydrogen) atoms. The molecule has 0 aromatic rings. The van der Waals surface area contributed by atoms with E-state index in [-0.39, 0.29) is 0 Å². The van der Waals surface area contributed by atoms with Crippen LogP contribution in [0.15, 0.2) is 0 Å². The maximum atomic E-state index is 2.46. The lowest BCUT2D eigenvalue weighted by Gasteiger charge is -2.18. The third-order valence-corrected chi connectivity index (χ3v) is 2.38. The summed E-state index contributed by atoms with van der Waals surface area (Å²) >= 11 is 0. The molecule has 0 bridgehead atoms. The van der Waals surface area contributed by atoms with Crippen LogP contribution < -0.4 is 0 Å². The van der Waals surface area contributed by atoms with Crippen molar-refractivity contribution in [2.75, 3.05) is 0 Å². The molecular formula is C10H18. The summed E-state index contributed by atoms with van der Waals surface area (Å²) in [5.41, 5.74) is 0. The van der Waals surface area contributed by atoms with E-state index in [1.165, 1.54) is 25.7 Å². The molecule has 2 unspecified atom stereocenters. The van der Waals surface area contributed by atoms with Crippen LogP contribution in [0, 0.1) is 24.7 Å². The van der Waals surface area contributed by atoms with Gasteiger partial charge >= 0.3 is 0 Å². The quantitative estimate of drug-likeness (QED) is 0.482. The summed E-state index contributed by atoms with van der Waals surface area (Å²) in [5, 5.41) is 0. The predicted octanol–water partition coefficient (Wildman–Crippen LogP) is 3.24. The van der Waals surface area contributed by atoms with Crippen molar-refractivity contribution < 1.29 is 0 Å². The standard InChI is InChI=1S/C10H18/c1-9-5-3-4-6-10(2)8-7-9/h5-6,9-10H,3-4,7-8H2,1-2H3. The molecule has 1 fully saturated rings. The molecular weight excluding hydrogens is 120 g/mol. The predicted molar refractivity (Wildman–Crippen MR) is 45.4 cm³/mol. The molecule has 0 saturated heterocycles. The number of hydrogen-bond acceptors (Lipinski definition) is 0. The summed E-state index contributed by atoms with van der Waals surface area (Å²) in [5.74, 6) is 1.72. The molecule has 0 heterocycles. The van der Waals surface area contributed by atoms with Gasteiger partial charge in [0.25, 0.3) is 0 Å². The fourth-order valence-electron chi connectivity index (χ4n) is 1.52. The fraction of sp³-hybridized carbons (Fsp3) is 0.800. The Morgan fingerprint density at radius 1 is 0.900 bits per heavy atom. The van der Waals surface area contributed by atoms with Gasteiger partial charge in [-0.05, 0) is 37.5 Å². The maximum absolute atomic E-state index is 2.46. The Morgan fingerprint density at radius 3 is 1.70 bits per heavy atom. The van der Waals surface area contributed by atoms with Crippen molar-refractivity contribution in [3.8, 4) is 0 Å². The first-order chi connectivity index (χ1) is 4.79. The highest BCUT2D eigenvalue weighted by atomic mass is 14.2. The van der Waals surface area contributed by atoms with Crippen LogP contribution in [0.3, 0.4) is 0 Å². The minimum Gasteiger partial charge on any atom is -0.0622 e. The zero-order valence-electron chi connectivity index (χ0n) is 7.14. The molecule has 1 aliphatic carbocycles. The van der Waals surface area contributed by atoms with E-state index in [4.69, 9.17) is 0 Å². The van der Waals surface area contributed by atoms with Crippen molar-refractivity contribution in [2.45, 2.75) is 39.5 Å². The number of rotatable bonds is 0. The van der Waals surface area contributed by atoms with Crippen LogP contribution >= 0.6 is 0 Å². The third kappa shape index (κ3) is 2.72. The second-order valence-corrected chi connectivity index (χ2v) is 3.58. The van der Waals surface area contributed by atoms with Gasteiger partial charge in [0, 0.05) is 0 Å². The van der Waals surface area contributed by atoms with Crippen molar-refractivity contribution in [3.05, 3.63) is 12.8 Å². The van der Waals surface area contributed by atoms with Gasteiger partial charge in [0.2, 0.25) is 0 Å². The van der Waals surface area contributed by atoms with E-state index in [9.17, 15) is 0 Å². The normalized spacial score (nSPS) is 36.6. The Kier molecular flexibility index (Phi) is 3.24. The Labute approximate surface area is 65.0 Å². The topological polar surface area (TPSA) is 0 Å². The molecule has 0 spiro atoms. The number of hydrogen-bond donors (Lipinski definition) is 0. The van der Waals surface area contributed by atoms with Crippen LogP contribution in [0.4, 0.5) is 0 Å². The van der Waals surface area contributed by atoms with E-state index in [0.29, 0.717) is 0 Å². The van der Waals surface area contributed by atoms with E-state index in [2.05, 4.69) is 26.7 Å². The van der Waals surface area contributed by atoms with Crippen LogP contribution in [0.25, 0.3) is 0 Å². The van der Waals surface area contributed by atoms with Crippen LogP contribution in [-0.4, -0.2) is 0 Å². The molecule has 0 amide bonds. The second kappa shape index (κ2) is 4.00. The molecule has 2 atom stereocenters. The van der Waals surface area contributed by atoms with Crippen molar-refractivity contribution in [2.24, 2.45) is 11.8 Å². The van der Waals surface area contributed by atoms with Crippen molar-refractivity contribution in [3.63, 3.8) is 0 Å². The van der Waals surface area contributed by atoms with Crippen molar-refractivity contribution >= 4 is 0 Å². The largest absolute Gasteiger partial charge is 0.0622 e. The molecule has 0 aromatic carbocycles. The average molecular weight is 138 g/mol. The highest BCUT2D eigenvalue weighted by Gasteiger charge is 2.10. The fourth-order valence-corrected chi connectivity index (χ4v) is 1.52. The lowest BCUT2D eigenvalue weighted by molar-refractivity contribution is 0.452. The SMILES string of the molecule is CC1[CH]CC[CH]C(C)CC1. The summed E-state index contributed by atoms with van der Waals surface area (Å²) in [7, 11) is 0. The summed E-state index contributed by atoms with van der Waals surface area (Å²) in [6, 6.07) is 0. The first-order valence-electron chi connectivity index (χ1n) is 4.45. The molecule has 1 saturated carbocycles. The molecule has 0 N–H and O–H groups in total. The van der Waals surface area contributed by atoms with E-state index in [1.807, 2.05) is 0 Å². The van der Waals surface area contributed by atoms with Crippen molar-refractivity contribution in [1.29, 1.82) is 0 Å². The summed E-state index contributed by atoms with van der Waals surface area (Å²) in [6.45, 7) is 4.66. The average Bonchev–Trinajstić information content (AvgIpc) is 1.90. The lowest BCUT2D eigenvalue weighted by atomic mass is 9.87. The smallest absolute Gasteiger partial charge is 0.0357 e. The van der Waals surface area contributed by atoms with Gasteiger partial charge in [-0.2, -0.15) is 0 Å². The van der Waals surface area contributed by atoms with Gasteiger partial charge in [-0.25, -0.2) is 0 Å². The minimum atomic E-state index is 0.858. The molecule has 58 valence electrons. The molecule has 1 aliphatic rings. The minimum absolute atomic E-state index is 0.858. The monoisotopic (exact) mass is 138 g/mol. The highest BCUT2D eigenvalue weighted by molar-refractivity contribution is 4.83. The van der Waals surface area contributed by atoms with E-state index < -0.39 is 0 Å². The van der Waals surface area contributed by atoms with Crippen LogP contribution in [0.2, 0.25) is 0 Å². The first-order valence-corrected chi connectivity index (χ1v) is 4.45. The van der Waals surface area contributed by atoms with E-state index >= 15 is 0 Å². The summed E-state index contributed by atoms with van der Waals surface area (Å²) < 4.78 is 0. The third-order valence-electron chi connectivity index (χ3n) is 2.38. The van der Waals surface area contributed by atoms with Gasteiger partial charge in [0.15, 0.2) is 0 Å². The van der Waals surface area contributed by atoms with Gasteiger partial charge in [-0.3, -0.25) is 0 Å². The van der Waals surface area contributed by atoms with Gasteiger partial charge in [-0.1, -0.05) is 26.7 Å².